The van der Waals surface area contributed by atoms with Crippen molar-refractivity contribution in [3.8, 4) is 0 Å². The first-order valence-corrected chi connectivity index (χ1v) is 7.97. The van der Waals surface area contributed by atoms with Gasteiger partial charge in [-0.2, -0.15) is 0 Å². The minimum absolute atomic E-state index is 0. The zero-order valence-electron chi connectivity index (χ0n) is 12.7. The molecule has 0 amide bonds. The third-order valence-electron chi connectivity index (χ3n) is 4.18. The minimum atomic E-state index is 0. The highest BCUT2D eigenvalue weighted by Gasteiger charge is 2.17. The zero-order chi connectivity index (χ0) is 13.7. The van der Waals surface area contributed by atoms with E-state index in [9.17, 15) is 0 Å². The van der Waals surface area contributed by atoms with Crippen molar-refractivity contribution in [3.63, 3.8) is 0 Å². The van der Waals surface area contributed by atoms with Gasteiger partial charge in [0.05, 0.1) is 0 Å². The first kappa shape index (κ1) is 17.8. The van der Waals surface area contributed by atoms with Crippen LogP contribution in [0.2, 0.25) is 5.02 Å². The highest BCUT2D eigenvalue weighted by Crippen LogP contribution is 2.36. The van der Waals surface area contributed by atoms with Crippen LogP contribution in [0, 0.1) is 0 Å². The molecule has 1 aliphatic rings. The molecule has 0 heterocycles. The van der Waals surface area contributed by atoms with Gasteiger partial charge in [0.15, 0.2) is 0 Å². The highest BCUT2D eigenvalue weighted by molar-refractivity contribution is 6.31. The van der Waals surface area contributed by atoms with Crippen molar-refractivity contribution in [2.75, 3.05) is 20.6 Å². The van der Waals surface area contributed by atoms with Gasteiger partial charge < -0.3 is 4.90 Å². The molecule has 0 bridgehead atoms. The Morgan fingerprint density at radius 3 is 2.45 bits per heavy atom. The van der Waals surface area contributed by atoms with Crippen LogP contribution in [0.5, 0.6) is 0 Å². The summed E-state index contributed by atoms with van der Waals surface area (Å²) in [6, 6.07) is 6.76. The molecule has 0 aromatic heterocycles. The third kappa shape index (κ3) is 5.27. The van der Waals surface area contributed by atoms with Crippen LogP contribution in [0.15, 0.2) is 18.2 Å². The smallest absolute Gasteiger partial charge is 0.0443 e. The van der Waals surface area contributed by atoms with E-state index >= 15 is 0 Å². The molecule has 1 saturated carbocycles. The van der Waals surface area contributed by atoms with Crippen molar-refractivity contribution >= 4 is 24.0 Å². The van der Waals surface area contributed by atoms with Crippen LogP contribution >= 0.6 is 24.0 Å². The van der Waals surface area contributed by atoms with Gasteiger partial charge in [-0.25, -0.2) is 0 Å². The largest absolute Gasteiger partial charge is 0.309 e. The predicted molar refractivity (Wildman–Crippen MR) is 91.4 cm³/mol. The topological polar surface area (TPSA) is 3.24 Å². The van der Waals surface area contributed by atoms with Crippen LogP contribution in [0.3, 0.4) is 0 Å². The van der Waals surface area contributed by atoms with Crippen molar-refractivity contribution in [2.24, 2.45) is 0 Å². The number of hydrogen-bond acceptors (Lipinski definition) is 1. The van der Waals surface area contributed by atoms with Gasteiger partial charge in [-0.3, -0.25) is 0 Å². The molecule has 3 heteroatoms. The van der Waals surface area contributed by atoms with Crippen LogP contribution in [-0.4, -0.2) is 25.5 Å². The van der Waals surface area contributed by atoms with E-state index in [-0.39, 0.29) is 12.4 Å². The average molecular weight is 316 g/mol. The van der Waals surface area contributed by atoms with Gasteiger partial charge in [0.1, 0.15) is 0 Å². The van der Waals surface area contributed by atoms with Crippen molar-refractivity contribution in [2.45, 2.75) is 50.9 Å². The van der Waals surface area contributed by atoms with Gasteiger partial charge in [0.2, 0.25) is 0 Å². The normalized spacial score (nSPS) is 16.2. The molecule has 0 radical (unpaired) electrons. The van der Waals surface area contributed by atoms with Crippen LogP contribution in [0.25, 0.3) is 0 Å². The number of hydrogen-bond donors (Lipinski definition) is 0. The predicted octanol–water partition coefficient (Wildman–Crippen LogP) is 5.30. The summed E-state index contributed by atoms with van der Waals surface area (Å²) in [5, 5.41) is 0.995. The van der Waals surface area contributed by atoms with E-state index in [0.717, 1.165) is 18.0 Å². The molecule has 1 fully saturated rings. The second-order valence-corrected chi connectivity index (χ2v) is 6.50. The van der Waals surface area contributed by atoms with Crippen LogP contribution in [0.4, 0.5) is 0 Å². The standard InChI is InChI=1S/C17H26ClN.ClH/c1-19(2)12-6-7-14-10-11-16(17(18)13-14)15-8-4-3-5-9-15;/h10-11,13,15H,3-9,12H2,1-2H3;1H. The second kappa shape index (κ2) is 8.92. The van der Waals surface area contributed by atoms with E-state index in [4.69, 9.17) is 11.6 Å². The first-order valence-electron chi connectivity index (χ1n) is 7.60. The summed E-state index contributed by atoms with van der Waals surface area (Å²) in [7, 11) is 4.25. The Bertz CT molecular complexity index is 398. The van der Waals surface area contributed by atoms with Gasteiger partial charge in [-0.05, 0) is 69.4 Å². The number of benzene rings is 1. The Morgan fingerprint density at radius 1 is 1.15 bits per heavy atom. The van der Waals surface area contributed by atoms with E-state index in [1.54, 1.807) is 0 Å². The lowest BCUT2D eigenvalue weighted by atomic mass is 9.84. The third-order valence-corrected chi connectivity index (χ3v) is 4.51. The van der Waals surface area contributed by atoms with Crippen molar-refractivity contribution in [3.05, 3.63) is 34.3 Å². The second-order valence-electron chi connectivity index (χ2n) is 6.10. The monoisotopic (exact) mass is 315 g/mol. The number of halogens is 2. The SMILES string of the molecule is CN(C)CCCc1ccc(C2CCCCC2)c(Cl)c1.Cl. The molecular weight excluding hydrogens is 289 g/mol. The lowest BCUT2D eigenvalue weighted by molar-refractivity contribution is 0.400. The molecular formula is C17H27Cl2N. The molecule has 1 nitrogen and oxygen atoms in total. The van der Waals surface area contributed by atoms with Gasteiger partial charge in [0.25, 0.3) is 0 Å². The summed E-state index contributed by atoms with van der Waals surface area (Å²) < 4.78 is 0. The summed E-state index contributed by atoms with van der Waals surface area (Å²) >= 11 is 6.49. The fraction of sp³-hybridized carbons (Fsp3) is 0.647. The van der Waals surface area contributed by atoms with Crippen molar-refractivity contribution < 1.29 is 0 Å². The molecule has 0 aliphatic heterocycles. The van der Waals surface area contributed by atoms with Crippen molar-refractivity contribution in [1.82, 2.24) is 4.90 Å². The average Bonchev–Trinajstić information content (AvgIpc) is 2.39. The Kier molecular flexibility index (Phi) is 7.94. The molecule has 0 atom stereocenters. The summed E-state index contributed by atoms with van der Waals surface area (Å²) in [5.41, 5.74) is 2.77. The summed E-state index contributed by atoms with van der Waals surface area (Å²) in [4.78, 5) is 2.23. The van der Waals surface area contributed by atoms with Crippen LogP contribution < -0.4 is 0 Å². The molecule has 114 valence electrons. The van der Waals surface area contributed by atoms with E-state index in [1.807, 2.05) is 0 Å². The Hall–Kier alpha value is -0.240. The molecule has 1 aliphatic carbocycles. The summed E-state index contributed by atoms with van der Waals surface area (Å²) in [5.74, 6) is 0.706. The highest BCUT2D eigenvalue weighted by atomic mass is 35.5. The quantitative estimate of drug-likeness (QED) is 0.712. The maximum Gasteiger partial charge on any atom is 0.0443 e. The molecule has 0 unspecified atom stereocenters. The van der Waals surface area contributed by atoms with Gasteiger partial charge in [-0.15, -0.1) is 12.4 Å². The summed E-state index contributed by atoms with van der Waals surface area (Å²) in [6.45, 7) is 1.14. The minimum Gasteiger partial charge on any atom is -0.309 e. The molecule has 1 aromatic carbocycles. The lowest BCUT2D eigenvalue weighted by Crippen LogP contribution is -2.13. The molecule has 0 spiro atoms. The molecule has 0 N–H and O–H groups in total. The maximum atomic E-state index is 6.49. The molecule has 1 aromatic rings. The fourth-order valence-electron chi connectivity index (χ4n) is 3.07. The Balaban J connectivity index is 0.00000200. The van der Waals surface area contributed by atoms with Crippen LogP contribution in [-0.2, 0) is 6.42 Å². The zero-order valence-corrected chi connectivity index (χ0v) is 14.3. The maximum absolute atomic E-state index is 6.49. The van der Waals surface area contributed by atoms with E-state index < -0.39 is 0 Å². The number of rotatable bonds is 5. The van der Waals surface area contributed by atoms with Gasteiger partial charge in [0, 0.05) is 5.02 Å². The fourth-order valence-corrected chi connectivity index (χ4v) is 3.43. The Morgan fingerprint density at radius 2 is 1.85 bits per heavy atom. The van der Waals surface area contributed by atoms with E-state index in [1.165, 1.54) is 49.7 Å². The number of aryl methyl sites for hydroxylation is 1. The molecule has 2 rings (SSSR count). The number of nitrogens with zero attached hydrogens (tertiary/aromatic N) is 1. The van der Waals surface area contributed by atoms with E-state index in [0.29, 0.717) is 5.92 Å². The molecule has 0 saturated heterocycles. The van der Waals surface area contributed by atoms with Crippen molar-refractivity contribution in [1.29, 1.82) is 0 Å². The van der Waals surface area contributed by atoms with Gasteiger partial charge >= 0.3 is 0 Å². The molecule has 20 heavy (non-hydrogen) atoms. The van der Waals surface area contributed by atoms with Crippen LogP contribution in [0.1, 0.15) is 55.6 Å². The first-order chi connectivity index (χ1) is 9.16. The van der Waals surface area contributed by atoms with Gasteiger partial charge in [-0.1, -0.05) is 43.0 Å². The Labute approximate surface area is 135 Å². The summed E-state index contributed by atoms with van der Waals surface area (Å²) in [6.07, 6.45) is 9.10. The van der Waals surface area contributed by atoms with E-state index in [2.05, 4.69) is 37.2 Å². The lowest BCUT2D eigenvalue weighted by Gasteiger charge is -2.23.